The van der Waals surface area contributed by atoms with Crippen LogP contribution < -0.4 is 4.72 Å². The molecule has 0 unspecified atom stereocenters. The van der Waals surface area contributed by atoms with E-state index in [-0.39, 0.29) is 17.5 Å². The molecule has 0 aliphatic rings. The Hall–Kier alpha value is -1.34. The van der Waals surface area contributed by atoms with Gasteiger partial charge in [0.1, 0.15) is 0 Å². The van der Waals surface area contributed by atoms with Gasteiger partial charge in [-0.15, -0.1) is 0 Å². The minimum atomic E-state index is -3.62. The number of benzene rings is 1. The maximum absolute atomic E-state index is 12.6. The van der Waals surface area contributed by atoms with Crippen molar-refractivity contribution in [2.75, 3.05) is 20.6 Å². The van der Waals surface area contributed by atoms with E-state index in [0.29, 0.717) is 10.6 Å². The summed E-state index contributed by atoms with van der Waals surface area (Å²) >= 11 is 5.93. The predicted molar refractivity (Wildman–Crippen MR) is 93.2 cm³/mol. The number of hydrogen-bond donors (Lipinski definition) is 1. The molecule has 0 aliphatic heterocycles. The van der Waals surface area contributed by atoms with Gasteiger partial charge in [-0.1, -0.05) is 17.7 Å². The largest absolute Gasteiger partial charge is 0.353 e. The number of nitrogens with one attached hydrogen (secondary N) is 1. The average molecular weight is 356 g/mol. The van der Waals surface area contributed by atoms with Crippen LogP contribution >= 0.6 is 11.6 Å². The molecule has 2 rings (SSSR count). The Labute approximate surface area is 142 Å². The highest BCUT2D eigenvalue weighted by Gasteiger charge is 2.22. The van der Waals surface area contributed by atoms with E-state index in [9.17, 15) is 8.42 Å². The van der Waals surface area contributed by atoms with Gasteiger partial charge in [0.05, 0.1) is 10.9 Å². The molecule has 1 atom stereocenters. The second kappa shape index (κ2) is 7.05. The summed E-state index contributed by atoms with van der Waals surface area (Å²) in [5, 5.41) is 0.405. The predicted octanol–water partition coefficient (Wildman–Crippen LogP) is 2.57. The van der Waals surface area contributed by atoms with E-state index in [1.807, 2.05) is 48.9 Å². The molecule has 0 fully saturated rings. The number of nitrogens with zero attached hydrogens (tertiary/aromatic N) is 2. The quantitative estimate of drug-likeness (QED) is 0.866. The van der Waals surface area contributed by atoms with E-state index in [1.165, 1.54) is 6.07 Å². The first-order valence-corrected chi connectivity index (χ1v) is 9.12. The number of aryl methyl sites for hydroxylation is 2. The van der Waals surface area contributed by atoms with Gasteiger partial charge >= 0.3 is 0 Å². The highest BCUT2D eigenvalue weighted by Crippen LogP contribution is 2.22. The van der Waals surface area contributed by atoms with Gasteiger partial charge in [-0.05, 0) is 50.8 Å². The van der Waals surface area contributed by atoms with Gasteiger partial charge in [0.25, 0.3) is 0 Å². The van der Waals surface area contributed by atoms with Crippen LogP contribution in [0.3, 0.4) is 0 Å². The molecule has 126 valence electrons. The molecule has 0 bridgehead atoms. The lowest BCUT2D eigenvalue weighted by molar-refractivity contribution is 0.289. The Morgan fingerprint density at radius 2 is 2.00 bits per heavy atom. The number of sulfonamides is 1. The fourth-order valence-corrected chi connectivity index (χ4v) is 4.05. The van der Waals surface area contributed by atoms with Crippen LogP contribution in [0.25, 0.3) is 0 Å². The van der Waals surface area contributed by atoms with E-state index >= 15 is 0 Å². The Balaban J connectivity index is 2.23. The van der Waals surface area contributed by atoms with E-state index in [1.54, 1.807) is 19.1 Å². The van der Waals surface area contributed by atoms with Crippen LogP contribution in [-0.4, -0.2) is 38.5 Å². The number of hydrogen-bond acceptors (Lipinski definition) is 3. The smallest absolute Gasteiger partial charge is 0.240 e. The van der Waals surface area contributed by atoms with Gasteiger partial charge < -0.3 is 4.57 Å². The zero-order valence-electron chi connectivity index (χ0n) is 13.7. The normalized spacial score (nSPS) is 13.5. The van der Waals surface area contributed by atoms with Crippen molar-refractivity contribution in [2.24, 2.45) is 7.05 Å². The Bertz CT molecular complexity index is 784. The van der Waals surface area contributed by atoms with Crippen molar-refractivity contribution in [1.29, 1.82) is 0 Å². The molecule has 0 saturated carbocycles. The third-order valence-corrected chi connectivity index (χ3v) is 5.66. The second-order valence-electron chi connectivity index (χ2n) is 5.79. The van der Waals surface area contributed by atoms with Gasteiger partial charge in [0.15, 0.2) is 0 Å². The summed E-state index contributed by atoms with van der Waals surface area (Å²) in [6, 6.07) is 8.74. The van der Waals surface area contributed by atoms with Crippen molar-refractivity contribution in [1.82, 2.24) is 14.2 Å². The van der Waals surface area contributed by atoms with Crippen molar-refractivity contribution < 1.29 is 8.42 Å². The van der Waals surface area contributed by atoms with Crippen molar-refractivity contribution in [3.8, 4) is 0 Å². The fraction of sp³-hybridized carbons (Fsp3) is 0.375. The Morgan fingerprint density at radius 3 is 2.57 bits per heavy atom. The minimum Gasteiger partial charge on any atom is -0.353 e. The molecule has 7 heteroatoms. The zero-order chi connectivity index (χ0) is 17.2. The van der Waals surface area contributed by atoms with E-state index in [4.69, 9.17) is 11.6 Å². The number of aromatic nitrogens is 1. The van der Waals surface area contributed by atoms with Crippen LogP contribution in [0.5, 0.6) is 0 Å². The second-order valence-corrected chi connectivity index (χ2v) is 7.96. The molecule has 2 aromatic rings. The highest BCUT2D eigenvalue weighted by molar-refractivity contribution is 7.89. The number of halogens is 1. The molecule has 23 heavy (non-hydrogen) atoms. The van der Waals surface area contributed by atoms with Crippen LogP contribution in [0.2, 0.25) is 5.02 Å². The summed E-state index contributed by atoms with van der Waals surface area (Å²) in [5.74, 6) is 0. The molecule has 1 N–H and O–H groups in total. The van der Waals surface area contributed by atoms with Gasteiger partial charge in [-0.2, -0.15) is 0 Å². The van der Waals surface area contributed by atoms with Gasteiger partial charge in [0.2, 0.25) is 10.0 Å². The van der Waals surface area contributed by atoms with Gasteiger partial charge in [-0.25, -0.2) is 13.1 Å². The van der Waals surface area contributed by atoms with Crippen LogP contribution in [0.15, 0.2) is 41.4 Å². The van der Waals surface area contributed by atoms with Crippen molar-refractivity contribution in [3.05, 3.63) is 52.8 Å². The SMILES string of the molecule is Cc1ccc(Cl)cc1S(=O)(=O)NC[C@H](c1cccn1C)N(C)C. The average Bonchev–Trinajstić information content (AvgIpc) is 2.87. The third kappa shape index (κ3) is 4.14. The summed E-state index contributed by atoms with van der Waals surface area (Å²) in [7, 11) is 2.18. The molecule has 1 aromatic heterocycles. The van der Waals surface area contributed by atoms with Crippen LogP contribution in [0.4, 0.5) is 0 Å². The molecule has 0 saturated heterocycles. The van der Waals surface area contributed by atoms with E-state index in [0.717, 1.165) is 5.69 Å². The molecule has 1 aromatic carbocycles. The number of likely N-dealkylation sites (N-methyl/N-ethyl adjacent to an activating group) is 1. The first kappa shape index (κ1) is 18.0. The van der Waals surface area contributed by atoms with E-state index in [2.05, 4.69) is 4.72 Å². The third-order valence-electron chi connectivity index (χ3n) is 3.86. The lowest BCUT2D eigenvalue weighted by Gasteiger charge is -2.25. The van der Waals surface area contributed by atoms with Crippen molar-refractivity contribution >= 4 is 21.6 Å². The maximum Gasteiger partial charge on any atom is 0.240 e. The van der Waals surface area contributed by atoms with Gasteiger partial charge in [-0.3, -0.25) is 4.90 Å². The lowest BCUT2D eigenvalue weighted by atomic mass is 10.2. The monoisotopic (exact) mass is 355 g/mol. The molecular weight excluding hydrogens is 334 g/mol. The fourth-order valence-electron chi connectivity index (χ4n) is 2.50. The number of rotatable bonds is 6. The molecule has 0 spiro atoms. The summed E-state index contributed by atoms with van der Waals surface area (Å²) in [6.45, 7) is 2.03. The molecular formula is C16H22ClN3O2S. The Kier molecular flexibility index (Phi) is 5.52. The van der Waals surface area contributed by atoms with Crippen LogP contribution in [-0.2, 0) is 17.1 Å². The molecule has 5 nitrogen and oxygen atoms in total. The topological polar surface area (TPSA) is 54.3 Å². The molecule has 0 radical (unpaired) electrons. The maximum atomic E-state index is 12.6. The molecule has 1 heterocycles. The Morgan fingerprint density at radius 1 is 1.30 bits per heavy atom. The summed E-state index contributed by atoms with van der Waals surface area (Å²) < 4.78 is 29.9. The van der Waals surface area contributed by atoms with Crippen molar-refractivity contribution in [2.45, 2.75) is 17.9 Å². The first-order chi connectivity index (χ1) is 10.7. The first-order valence-electron chi connectivity index (χ1n) is 7.26. The van der Waals surface area contributed by atoms with E-state index < -0.39 is 10.0 Å². The van der Waals surface area contributed by atoms with Crippen molar-refractivity contribution in [3.63, 3.8) is 0 Å². The zero-order valence-corrected chi connectivity index (χ0v) is 15.3. The standard InChI is InChI=1S/C16H22ClN3O2S/c1-12-7-8-13(17)10-16(12)23(21,22)18-11-15(19(2)3)14-6-5-9-20(14)4/h5-10,15,18H,11H2,1-4H3/t15-/m1/s1. The highest BCUT2D eigenvalue weighted by atomic mass is 35.5. The minimum absolute atomic E-state index is 0.0655. The van der Waals surface area contributed by atoms with Crippen LogP contribution in [0.1, 0.15) is 17.3 Å². The lowest BCUT2D eigenvalue weighted by Crippen LogP contribution is -2.35. The summed E-state index contributed by atoms with van der Waals surface area (Å²) in [6.07, 6.45) is 1.95. The van der Waals surface area contributed by atoms with Gasteiger partial charge in [0, 0.05) is 30.5 Å². The van der Waals surface area contributed by atoms with Crippen LogP contribution in [0, 0.1) is 6.92 Å². The molecule has 0 aliphatic carbocycles. The molecule has 0 amide bonds. The summed E-state index contributed by atoms with van der Waals surface area (Å²) in [4.78, 5) is 2.21. The summed E-state index contributed by atoms with van der Waals surface area (Å²) in [5.41, 5.74) is 1.71.